The zero-order chi connectivity index (χ0) is 14.7. The molecule has 0 aromatic heterocycles. The molecule has 102 valence electrons. The SMILES string of the molecule is C=C(C)c1cc(I)c(OC(C)=O)c(OC(C)=O)c1I. The molecule has 0 amide bonds. The summed E-state index contributed by atoms with van der Waals surface area (Å²) in [6.45, 7) is 8.34. The molecule has 1 aromatic carbocycles. The van der Waals surface area contributed by atoms with Gasteiger partial charge in [0.15, 0.2) is 11.5 Å². The van der Waals surface area contributed by atoms with Crippen LogP contribution in [0.3, 0.4) is 0 Å². The molecule has 0 unspecified atom stereocenters. The molecule has 19 heavy (non-hydrogen) atoms. The quantitative estimate of drug-likeness (QED) is 0.371. The van der Waals surface area contributed by atoms with Gasteiger partial charge in [-0.1, -0.05) is 6.58 Å². The molecule has 0 N–H and O–H groups in total. The summed E-state index contributed by atoms with van der Waals surface area (Å²) in [5, 5.41) is 0. The molecule has 1 rings (SSSR count). The Labute approximate surface area is 138 Å². The lowest BCUT2D eigenvalue weighted by Crippen LogP contribution is -2.10. The molecule has 0 radical (unpaired) electrons. The number of halogens is 2. The van der Waals surface area contributed by atoms with Crippen molar-refractivity contribution in [1.29, 1.82) is 0 Å². The van der Waals surface area contributed by atoms with Gasteiger partial charge in [0.1, 0.15) is 0 Å². The van der Waals surface area contributed by atoms with E-state index in [0.717, 1.165) is 11.1 Å². The summed E-state index contributed by atoms with van der Waals surface area (Å²) in [7, 11) is 0. The molecule has 0 spiro atoms. The number of carbonyl (C=O) groups is 2. The molecule has 0 aliphatic rings. The summed E-state index contributed by atoms with van der Waals surface area (Å²) in [6.07, 6.45) is 0. The first-order chi connectivity index (χ1) is 8.73. The summed E-state index contributed by atoms with van der Waals surface area (Å²) < 4.78 is 11.7. The Morgan fingerprint density at radius 2 is 1.53 bits per heavy atom. The number of esters is 2. The normalized spacial score (nSPS) is 9.95. The molecule has 4 nitrogen and oxygen atoms in total. The summed E-state index contributed by atoms with van der Waals surface area (Å²) in [5.74, 6) is -0.419. The Morgan fingerprint density at radius 1 is 1.05 bits per heavy atom. The zero-order valence-corrected chi connectivity index (χ0v) is 15.0. The third kappa shape index (κ3) is 4.16. The zero-order valence-electron chi connectivity index (χ0n) is 10.7. The maximum Gasteiger partial charge on any atom is 0.308 e. The van der Waals surface area contributed by atoms with Crippen molar-refractivity contribution in [2.45, 2.75) is 20.8 Å². The highest BCUT2D eigenvalue weighted by molar-refractivity contribution is 14.1. The first-order valence-corrected chi connectivity index (χ1v) is 7.44. The van der Waals surface area contributed by atoms with Crippen LogP contribution in [0.5, 0.6) is 11.5 Å². The Morgan fingerprint density at radius 3 is 1.95 bits per heavy atom. The van der Waals surface area contributed by atoms with Gasteiger partial charge in [-0.25, -0.2) is 0 Å². The fraction of sp³-hybridized carbons (Fsp3) is 0.231. The van der Waals surface area contributed by atoms with E-state index in [1.165, 1.54) is 13.8 Å². The highest BCUT2D eigenvalue weighted by atomic mass is 127. The highest BCUT2D eigenvalue weighted by Crippen LogP contribution is 2.41. The van der Waals surface area contributed by atoms with Crippen molar-refractivity contribution >= 4 is 62.7 Å². The Balaban J connectivity index is 3.52. The maximum absolute atomic E-state index is 11.2. The molecule has 0 bridgehead atoms. The lowest BCUT2D eigenvalue weighted by molar-refractivity contribution is -0.134. The van der Waals surface area contributed by atoms with Crippen LogP contribution >= 0.6 is 45.2 Å². The number of carbonyl (C=O) groups excluding carboxylic acids is 2. The van der Waals surface area contributed by atoms with Crippen molar-refractivity contribution in [2.24, 2.45) is 0 Å². The van der Waals surface area contributed by atoms with Gasteiger partial charge in [-0.3, -0.25) is 9.59 Å². The minimum absolute atomic E-state index is 0.258. The van der Waals surface area contributed by atoms with Gasteiger partial charge in [-0.15, -0.1) is 0 Å². The van der Waals surface area contributed by atoms with Crippen molar-refractivity contribution in [3.05, 3.63) is 25.3 Å². The minimum atomic E-state index is -0.471. The molecular weight excluding hydrogens is 474 g/mol. The molecule has 6 heteroatoms. The Hall–Kier alpha value is -0.640. The standard InChI is InChI=1S/C13H12I2O4/c1-6(2)9-5-10(14)12(18-7(3)16)13(11(9)15)19-8(4)17/h5H,1H2,2-4H3. The van der Waals surface area contributed by atoms with E-state index in [4.69, 9.17) is 9.47 Å². The van der Waals surface area contributed by atoms with Crippen molar-refractivity contribution in [3.8, 4) is 11.5 Å². The summed E-state index contributed by atoms with van der Waals surface area (Å²) >= 11 is 4.07. The Bertz CT molecular complexity index is 564. The number of ether oxygens (including phenoxy) is 2. The van der Waals surface area contributed by atoms with E-state index in [2.05, 4.69) is 6.58 Å². The second-order valence-electron chi connectivity index (χ2n) is 3.85. The smallest absolute Gasteiger partial charge is 0.308 e. The fourth-order valence-electron chi connectivity index (χ4n) is 1.37. The van der Waals surface area contributed by atoms with E-state index >= 15 is 0 Å². The molecule has 1 aromatic rings. The number of allylic oxidation sites excluding steroid dienone is 1. The first kappa shape index (κ1) is 16.4. The molecule has 0 aliphatic heterocycles. The van der Waals surface area contributed by atoms with Gasteiger partial charge in [0.25, 0.3) is 0 Å². The largest absolute Gasteiger partial charge is 0.422 e. The van der Waals surface area contributed by atoms with Gasteiger partial charge >= 0.3 is 11.9 Å². The van der Waals surface area contributed by atoms with E-state index < -0.39 is 11.9 Å². The topological polar surface area (TPSA) is 52.6 Å². The molecule has 0 saturated carbocycles. The van der Waals surface area contributed by atoms with Crippen LogP contribution in [0.2, 0.25) is 0 Å². The predicted octanol–water partition coefficient (Wildman–Crippen LogP) is 3.78. The molecule has 0 saturated heterocycles. The molecule has 0 fully saturated rings. The lowest BCUT2D eigenvalue weighted by atomic mass is 10.1. The monoisotopic (exact) mass is 486 g/mol. The van der Waals surface area contributed by atoms with Gasteiger partial charge in [-0.2, -0.15) is 0 Å². The third-order valence-electron chi connectivity index (χ3n) is 2.08. The number of hydrogen-bond donors (Lipinski definition) is 0. The Kier molecular flexibility index (Phi) is 5.78. The van der Waals surface area contributed by atoms with Crippen LogP contribution in [0, 0.1) is 7.14 Å². The van der Waals surface area contributed by atoms with Gasteiger partial charge in [0.05, 0.1) is 7.14 Å². The van der Waals surface area contributed by atoms with Crippen LogP contribution in [-0.4, -0.2) is 11.9 Å². The molecule has 0 atom stereocenters. The number of rotatable bonds is 3. The van der Waals surface area contributed by atoms with Gasteiger partial charge < -0.3 is 9.47 Å². The van der Waals surface area contributed by atoms with Crippen LogP contribution in [0.4, 0.5) is 0 Å². The van der Waals surface area contributed by atoms with Gasteiger partial charge in [0.2, 0.25) is 0 Å². The minimum Gasteiger partial charge on any atom is -0.422 e. The summed E-state index contributed by atoms with van der Waals surface area (Å²) in [6, 6.07) is 1.84. The number of benzene rings is 1. The second kappa shape index (κ2) is 6.69. The third-order valence-corrected chi connectivity index (χ3v) is 3.95. The number of hydrogen-bond acceptors (Lipinski definition) is 4. The first-order valence-electron chi connectivity index (χ1n) is 5.28. The van der Waals surface area contributed by atoms with Crippen LogP contribution in [0.15, 0.2) is 12.6 Å². The van der Waals surface area contributed by atoms with Gasteiger partial charge in [0, 0.05) is 13.8 Å². The van der Waals surface area contributed by atoms with E-state index in [-0.39, 0.29) is 11.5 Å². The van der Waals surface area contributed by atoms with Gasteiger partial charge in [-0.05, 0) is 69.3 Å². The van der Waals surface area contributed by atoms with Crippen molar-refractivity contribution < 1.29 is 19.1 Å². The molecular formula is C13H12I2O4. The lowest BCUT2D eigenvalue weighted by Gasteiger charge is -2.15. The predicted molar refractivity (Wildman–Crippen MR) is 89.2 cm³/mol. The average molecular weight is 486 g/mol. The fourth-order valence-corrected chi connectivity index (χ4v) is 3.01. The van der Waals surface area contributed by atoms with Crippen LogP contribution in [0.1, 0.15) is 26.3 Å². The van der Waals surface area contributed by atoms with Crippen molar-refractivity contribution in [2.75, 3.05) is 0 Å². The van der Waals surface area contributed by atoms with Crippen LogP contribution in [-0.2, 0) is 9.59 Å². The van der Waals surface area contributed by atoms with Crippen molar-refractivity contribution in [3.63, 3.8) is 0 Å². The highest BCUT2D eigenvalue weighted by Gasteiger charge is 2.21. The molecule has 0 aliphatic carbocycles. The average Bonchev–Trinajstić information content (AvgIpc) is 2.26. The van der Waals surface area contributed by atoms with E-state index in [9.17, 15) is 9.59 Å². The van der Waals surface area contributed by atoms with Crippen LogP contribution < -0.4 is 9.47 Å². The maximum atomic E-state index is 11.2. The van der Waals surface area contributed by atoms with Crippen molar-refractivity contribution in [1.82, 2.24) is 0 Å². The second-order valence-corrected chi connectivity index (χ2v) is 6.09. The van der Waals surface area contributed by atoms with E-state index in [0.29, 0.717) is 7.14 Å². The van der Waals surface area contributed by atoms with E-state index in [1.54, 1.807) is 0 Å². The van der Waals surface area contributed by atoms with Crippen LogP contribution in [0.25, 0.3) is 5.57 Å². The van der Waals surface area contributed by atoms with E-state index in [1.807, 2.05) is 58.2 Å². The summed E-state index contributed by atoms with van der Waals surface area (Å²) in [4.78, 5) is 22.4. The molecule has 0 heterocycles. The summed E-state index contributed by atoms with van der Waals surface area (Å²) in [5.41, 5.74) is 1.70.